The van der Waals surface area contributed by atoms with Crippen LogP contribution in [0.15, 0.2) is 60.6 Å². The summed E-state index contributed by atoms with van der Waals surface area (Å²) in [6.45, 7) is 1.97. The Balaban J connectivity index is 1.83. The average Bonchev–Trinajstić information content (AvgIpc) is 2.89. The van der Waals surface area contributed by atoms with Crippen molar-refractivity contribution in [2.24, 2.45) is 0 Å². The van der Waals surface area contributed by atoms with Gasteiger partial charge < -0.3 is 4.74 Å². The van der Waals surface area contributed by atoms with E-state index in [0.717, 1.165) is 5.69 Å². The number of nitrogens with zero attached hydrogens (tertiary/aromatic N) is 2. The second-order valence-corrected chi connectivity index (χ2v) is 5.18. The lowest BCUT2D eigenvalue weighted by Crippen LogP contribution is -2.36. The first kappa shape index (κ1) is 14.6. The number of rotatable bonds is 3. The Kier molecular flexibility index (Phi) is 4.09. The maximum Gasteiger partial charge on any atom is 0.347 e. The molecule has 5 nitrogen and oxygen atoms in total. The maximum absolute atomic E-state index is 12.3. The third kappa shape index (κ3) is 2.95. The predicted molar refractivity (Wildman–Crippen MR) is 84.3 cm³/mol. The molecule has 1 N–H and O–H groups in total. The smallest absolute Gasteiger partial charge is 0.347 e. The number of para-hydroxylation sites is 1. The fourth-order valence-electron chi connectivity index (χ4n) is 2.14. The van der Waals surface area contributed by atoms with Crippen LogP contribution in [-0.4, -0.2) is 17.0 Å². The summed E-state index contributed by atoms with van der Waals surface area (Å²) in [7, 11) is 0. The van der Waals surface area contributed by atoms with Gasteiger partial charge in [0.05, 0.1) is 11.3 Å². The molecule has 0 radical (unpaired) electrons. The molecular formula is C16H14ClN3O2. The number of carbonyl (C=O) groups excluding carboxylic acids is 1. The summed E-state index contributed by atoms with van der Waals surface area (Å²) >= 11 is 5.93. The number of hydrazine groups is 1. The molecule has 0 saturated heterocycles. The van der Waals surface area contributed by atoms with E-state index in [1.165, 1.54) is 6.20 Å². The number of aromatic nitrogens is 1. The van der Waals surface area contributed by atoms with Crippen molar-refractivity contribution in [3.8, 4) is 0 Å². The largest absolute Gasteiger partial charge is 0.404 e. The van der Waals surface area contributed by atoms with Gasteiger partial charge in [-0.05, 0) is 37.3 Å². The third-order valence-electron chi connectivity index (χ3n) is 3.14. The van der Waals surface area contributed by atoms with Crippen molar-refractivity contribution in [1.29, 1.82) is 0 Å². The summed E-state index contributed by atoms with van der Waals surface area (Å²) in [6, 6.07) is 12.9. The Morgan fingerprint density at radius 3 is 2.77 bits per heavy atom. The molecule has 0 saturated carbocycles. The molecule has 0 bridgehead atoms. The summed E-state index contributed by atoms with van der Waals surface area (Å²) in [6.07, 6.45) is 3.35. The molecule has 0 fully saturated rings. The summed E-state index contributed by atoms with van der Waals surface area (Å²) in [5, 5.41) is 1.85. The molecule has 1 aromatic heterocycles. The highest BCUT2D eigenvalue weighted by Crippen LogP contribution is 2.24. The van der Waals surface area contributed by atoms with Crippen molar-refractivity contribution in [2.75, 3.05) is 5.01 Å². The van der Waals surface area contributed by atoms with E-state index >= 15 is 0 Å². The molecule has 0 aliphatic carbocycles. The summed E-state index contributed by atoms with van der Waals surface area (Å²) in [5.74, 6) is -0.121. The number of benzene rings is 1. The first-order valence-corrected chi connectivity index (χ1v) is 7.19. The van der Waals surface area contributed by atoms with Gasteiger partial charge in [0.2, 0.25) is 5.88 Å². The van der Waals surface area contributed by atoms with Crippen LogP contribution in [0.2, 0.25) is 5.15 Å². The van der Waals surface area contributed by atoms with Gasteiger partial charge in [0.1, 0.15) is 5.15 Å². The Bertz CT molecular complexity index is 718. The van der Waals surface area contributed by atoms with Gasteiger partial charge in [-0.15, -0.1) is 0 Å². The maximum atomic E-state index is 12.3. The first-order valence-electron chi connectivity index (χ1n) is 6.81. The molecule has 1 aliphatic heterocycles. The molecule has 2 aromatic rings. The van der Waals surface area contributed by atoms with E-state index in [4.69, 9.17) is 16.3 Å². The van der Waals surface area contributed by atoms with E-state index in [9.17, 15) is 4.79 Å². The lowest BCUT2D eigenvalue weighted by Gasteiger charge is -2.22. The van der Waals surface area contributed by atoms with Crippen molar-refractivity contribution in [3.05, 3.63) is 71.3 Å². The van der Waals surface area contributed by atoms with Crippen molar-refractivity contribution < 1.29 is 9.53 Å². The minimum atomic E-state index is -0.541. The van der Waals surface area contributed by atoms with Gasteiger partial charge in [-0.2, -0.15) is 0 Å². The minimum Gasteiger partial charge on any atom is -0.404 e. The molecule has 112 valence electrons. The zero-order valence-electron chi connectivity index (χ0n) is 11.9. The van der Waals surface area contributed by atoms with Gasteiger partial charge in [-0.3, -0.25) is 0 Å². The minimum absolute atomic E-state index is 0.0485. The molecule has 3 rings (SSSR count). The quantitative estimate of drug-likeness (QED) is 0.696. The SMILES string of the molecule is C[C@@H]1C=C(OC(=O)c2cccnc2Cl)N(c2ccccc2)N1. The van der Waals surface area contributed by atoms with Crippen LogP contribution in [0.4, 0.5) is 5.69 Å². The molecule has 1 aromatic carbocycles. The van der Waals surface area contributed by atoms with Crippen molar-refractivity contribution >= 4 is 23.3 Å². The fraction of sp³-hybridized carbons (Fsp3) is 0.125. The standard InChI is InChI=1S/C16H14ClN3O2/c1-11-10-14(20(19-11)12-6-3-2-4-7-12)22-16(21)13-8-5-9-18-15(13)17/h2-11,19H,1H3/t11-/m1/s1. The van der Waals surface area contributed by atoms with Gasteiger partial charge >= 0.3 is 5.97 Å². The Morgan fingerprint density at radius 1 is 1.27 bits per heavy atom. The van der Waals surface area contributed by atoms with Crippen LogP contribution in [0.1, 0.15) is 17.3 Å². The fourth-order valence-corrected chi connectivity index (χ4v) is 2.34. The Labute approximate surface area is 133 Å². The van der Waals surface area contributed by atoms with Crippen LogP contribution >= 0.6 is 11.6 Å². The predicted octanol–water partition coefficient (Wildman–Crippen LogP) is 3.15. The lowest BCUT2D eigenvalue weighted by molar-refractivity contribution is 0.0616. The number of nitrogens with one attached hydrogen (secondary N) is 1. The highest BCUT2D eigenvalue weighted by Gasteiger charge is 2.26. The highest BCUT2D eigenvalue weighted by atomic mass is 35.5. The summed E-state index contributed by atoms with van der Waals surface area (Å²) in [5.41, 5.74) is 4.32. The van der Waals surface area contributed by atoms with Crippen LogP contribution in [0, 0.1) is 0 Å². The normalized spacial score (nSPS) is 17.3. The van der Waals surface area contributed by atoms with Crippen LogP contribution in [-0.2, 0) is 4.74 Å². The number of hydrogen-bond acceptors (Lipinski definition) is 5. The second kappa shape index (κ2) is 6.17. The molecule has 22 heavy (non-hydrogen) atoms. The number of halogens is 1. The Hall–Kier alpha value is -2.37. The van der Waals surface area contributed by atoms with E-state index in [2.05, 4.69) is 10.4 Å². The van der Waals surface area contributed by atoms with Crippen LogP contribution < -0.4 is 10.4 Å². The number of esters is 1. The molecule has 6 heteroatoms. The Morgan fingerprint density at radius 2 is 2.05 bits per heavy atom. The number of hydrogen-bond donors (Lipinski definition) is 1. The molecule has 1 atom stereocenters. The van der Waals surface area contributed by atoms with Gasteiger partial charge in [-0.25, -0.2) is 20.2 Å². The number of pyridine rings is 1. The zero-order chi connectivity index (χ0) is 15.5. The summed E-state index contributed by atoms with van der Waals surface area (Å²) < 4.78 is 5.48. The number of ether oxygens (including phenoxy) is 1. The lowest BCUT2D eigenvalue weighted by atomic mass is 10.3. The second-order valence-electron chi connectivity index (χ2n) is 4.82. The van der Waals surface area contributed by atoms with E-state index in [1.807, 2.05) is 43.3 Å². The molecular weight excluding hydrogens is 302 g/mol. The first-order chi connectivity index (χ1) is 10.6. The molecule has 1 aliphatic rings. The molecule has 0 amide bonds. The number of anilines is 1. The summed E-state index contributed by atoms with van der Waals surface area (Å²) in [4.78, 5) is 16.1. The molecule has 0 unspecified atom stereocenters. The van der Waals surface area contributed by atoms with Gasteiger partial charge in [0, 0.05) is 12.2 Å². The van der Waals surface area contributed by atoms with Gasteiger partial charge in [0.25, 0.3) is 0 Å². The van der Waals surface area contributed by atoms with Crippen LogP contribution in [0.25, 0.3) is 0 Å². The van der Waals surface area contributed by atoms with E-state index < -0.39 is 5.97 Å². The van der Waals surface area contributed by atoms with Crippen molar-refractivity contribution in [2.45, 2.75) is 13.0 Å². The van der Waals surface area contributed by atoms with E-state index in [1.54, 1.807) is 17.1 Å². The van der Waals surface area contributed by atoms with Crippen molar-refractivity contribution in [3.63, 3.8) is 0 Å². The zero-order valence-corrected chi connectivity index (χ0v) is 12.6. The number of carbonyl (C=O) groups is 1. The van der Waals surface area contributed by atoms with Crippen LogP contribution in [0.5, 0.6) is 0 Å². The average molecular weight is 316 g/mol. The van der Waals surface area contributed by atoms with Gasteiger partial charge in [-0.1, -0.05) is 29.8 Å². The molecule has 2 heterocycles. The monoisotopic (exact) mass is 315 g/mol. The molecule has 0 spiro atoms. The van der Waals surface area contributed by atoms with E-state index in [-0.39, 0.29) is 16.8 Å². The van der Waals surface area contributed by atoms with Gasteiger partial charge in [0.15, 0.2) is 0 Å². The highest BCUT2D eigenvalue weighted by molar-refractivity contribution is 6.32. The topological polar surface area (TPSA) is 54.5 Å². The third-order valence-corrected chi connectivity index (χ3v) is 3.44. The van der Waals surface area contributed by atoms with Crippen molar-refractivity contribution in [1.82, 2.24) is 10.4 Å². The van der Waals surface area contributed by atoms with E-state index in [0.29, 0.717) is 5.88 Å². The van der Waals surface area contributed by atoms with Crippen LogP contribution in [0.3, 0.4) is 0 Å².